The van der Waals surface area contributed by atoms with Crippen molar-refractivity contribution in [3.8, 4) is 5.75 Å². The lowest BCUT2D eigenvalue weighted by Crippen LogP contribution is -2.41. The van der Waals surface area contributed by atoms with Crippen LogP contribution in [0, 0.1) is 0 Å². The van der Waals surface area contributed by atoms with Crippen molar-refractivity contribution in [1.29, 1.82) is 0 Å². The summed E-state index contributed by atoms with van der Waals surface area (Å²) in [5.41, 5.74) is 3.60. The van der Waals surface area contributed by atoms with Crippen LogP contribution in [-0.4, -0.2) is 30.2 Å². The second-order valence-electron chi connectivity index (χ2n) is 11.0. The molecule has 5 aromatic rings. The van der Waals surface area contributed by atoms with E-state index in [2.05, 4.69) is 0 Å². The third-order valence-electron chi connectivity index (χ3n) is 8.24. The third kappa shape index (κ3) is 5.43. The van der Waals surface area contributed by atoms with E-state index in [1.807, 2.05) is 66.7 Å². The minimum atomic E-state index is -1.03. The van der Waals surface area contributed by atoms with Crippen LogP contribution in [0.25, 0.3) is 11.3 Å². The van der Waals surface area contributed by atoms with E-state index in [0.29, 0.717) is 48.7 Å². The Hall–Kier alpha value is -4.96. The van der Waals surface area contributed by atoms with Gasteiger partial charge in [-0.15, -0.1) is 0 Å². The predicted octanol–water partition coefficient (Wildman–Crippen LogP) is 6.17. The van der Waals surface area contributed by atoms with Gasteiger partial charge in [-0.1, -0.05) is 95.2 Å². The van der Waals surface area contributed by atoms with E-state index in [0.717, 1.165) is 16.9 Å². The normalized spacial score (nSPS) is 16.4. The van der Waals surface area contributed by atoms with Gasteiger partial charge in [0.2, 0.25) is 0 Å². The molecule has 0 spiro atoms. The van der Waals surface area contributed by atoms with Crippen molar-refractivity contribution in [3.05, 3.63) is 155 Å². The lowest BCUT2D eigenvalue weighted by molar-refractivity contribution is -0.138. The Bertz CT molecular complexity index is 2310. The van der Waals surface area contributed by atoms with Crippen molar-refractivity contribution < 1.29 is 19.1 Å². The zero-order chi connectivity index (χ0) is 33.5. The van der Waals surface area contributed by atoms with Gasteiger partial charge < -0.3 is 14.4 Å². The van der Waals surface area contributed by atoms with Gasteiger partial charge in [0.1, 0.15) is 16.3 Å². The Morgan fingerprint density at radius 1 is 0.917 bits per heavy atom. The third-order valence-corrected chi connectivity index (χ3v) is 9.78. The minimum Gasteiger partial charge on any atom is -0.496 e. The van der Waals surface area contributed by atoms with Crippen molar-refractivity contribution >= 4 is 63.4 Å². The first-order chi connectivity index (χ1) is 23.3. The Morgan fingerprint density at radius 3 is 2.35 bits per heavy atom. The molecule has 1 aromatic heterocycles. The molecule has 240 valence electrons. The Morgan fingerprint density at radius 2 is 1.62 bits per heavy atom. The van der Waals surface area contributed by atoms with Crippen molar-refractivity contribution in [2.75, 3.05) is 18.6 Å². The van der Waals surface area contributed by atoms with E-state index < -0.39 is 17.6 Å². The molecule has 0 N–H and O–H groups in total. The van der Waals surface area contributed by atoms with Crippen LogP contribution in [0.15, 0.2) is 112 Å². The van der Waals surface area contributed by atoms with Crippen LogP contribution in [-0.2, 0) is 20.9 Å². The molecule has 0 saturated carbocycles. The number of carbonyl (C=O) groups excluding carboxylic acids is 2. The number of benzene rings is 4. The van der Waals surface area contributed by atoms with Crippen molar-refractivity contribution in [1.82, 2.24) is 4.57 Å². The highest BCUT2D eigenvalue weighted by Gasteiger charge is 2.39. The number of anilines is 1. The number of rotatable bonds is 7. The monoisotopic (exact) mass is 695 g/mol. The van der Waals surface area contributed by atoms with Crippen LogP contribution in [0.5, 0.6) is 5.75 Å². The maximum atomic E-state index is 14.8. The number of amides is 1. The number of ether oxygens (including phenoxy) is 2. The number of para-hydroxylation sites is 1. The van der Waals surface area contributed by atoms with Gasteiger partial charge in [0.25, 0.3) is 11.5 Å². The van der Waals surface area contributed by atoms with Crippen LogP contribution in [0.4, 0.5) is 5.69 Å². The summed E-state index contributed by atoms with van der Waals surface area (Å²) in [6.45, 7) is 2.10. The van der Waals surface area contributed by atoms with Crippen molar-refractivity contribution in [2.45, 2.75) is 19.5 Å². The quantitative estimate of drug-likeness (QED) is 0.190. The lowest BCUT2D eigenvalue weighted by atomic mass is 9.92. The molecule has 0 unspecified atom stereocenters. The number of esters is 1. The summed E-state index contributed by atoms with van der Waals surface area (Å²) in [6, 6.07) is 27.9. The molecule has 11 heteroatoms. The zero-order valence-corrected chi connectivity index (χ0v) is 28.1. The summed E-state index contributed by atoms with van der Waals surface area (Å²) in [5.74, 6) is -0.544. The van der Waals surface area contributed by atoms with Crippen LogP contribution in [0.3, 0.4) is 0 Å². The number of carbonyl (C=O) groups is 2. The number of nitrogens with zero attached hydrogens (tertiary/aromatic N) is 3. The Kier molecular flexibility index (Phi) is 8.51. The van der Waals surface area contributed by atoms with E-state index in [1.54, 1.807) is 42.2 Å². The molecule has 48 heavy (non-hydrogen) atoms. The largest absolute Gasteiger partial charge is 0.496 e. The Balaban J connectivity index is 1.52. The highest BCUT2D eigenvalue weighted by atomic mass is 35.5. The SMILES string of the molecule is CCOC(=O)C1=C(c2ccccc2)N=c2s/c(=C3\C(=O)N(Cc4ccc(Cl)cc4)c4ccccc43)c(=O)n2[C@H]1c1cc(Cl)ccc1OC. The van der Waals surface area contributed by atoms with Gasteiger partial charge in [0, 0.05) is 26.7 Å². The van der Waals surface area contributed by atoms with Crippen LogP contribution < -0.4 is 24.5 Å². The predicted molar refractivity (Wildman–Crippen MR) is 187 cm³/mol. The van der Waals surface area contributed by atoms with Crippen molar-refractivity contribution in [2.24, 2.45) is 4.99 Å². The number of halogens is 2. The van der Waals surface area contributed by atoms with E-state index in [4.69, 9.17) is 37.7 Å². The van der Waals surface area contributed by atoms with Crippen LogP contribution >= 0.6 is 34.5 Å². The summed E-state index contributed by atoms with van der Waals surface area (Å²) < 4.78 is 13.0. The van der Waals surface area contributed by atoms with Gasteiger partial charge in [-0.3, -0.25) is 14.2 Å². The number of fused-ring (bicyclic) bond motifs is 2. The molecule has 8 nitrogen and oxygen atoms in total. The number of hydrogen-bond acceptors (Lipinski definition) is 7. The van der Waals surface area contributed by atoms with Gasteiger partial charge >= 0.3 is 5.97 Å². The molecule has 3 heterocycles. The van der Waals surface area contributed by atoms with Crippen LogP contribution in [0.1, 0.15) is 35.2 Å². The van der Waals surface area contributed by atoms with E-state index in [9.17, 15) is 14.4 Å². The molecule has 7 rings (SSSR count). The average Bonchev–Trinajstić information content (AvgIpc) is 3.57. The maximum absolute atomic E-state index is 14.8. The maximum Gasteiger partial charge on any atom is 0.338 e. The standard InChI is InChI=1S/C37H27Cl2N3O5S/c1-3-47-36(45)30-31(22-9-5-4-6-10-22)40-37-42(32(30)26-19-24(39)17-18-28(26)46-2)35(44)33(48-37)29-25-11-7-8-12-27(25)41(34(29)43)20-21-13-15-23(38)16-14-21/h4-19,32H,3,20H2,1-2H3/b33-29-/t32-/m0/s1. The summed E-state index contributed by atoms with van der Waals surface area (Å²) >= 11 is 13.7. The number of aromatic nitrogens is 1. The van der Waals surface area contributed by atoms with Gasteiger partial charge in [-0.05, 0) is 48.9 Å². The summed E-state index contributed by atoms with van der Waals surface area (Å²) in [7, 11) is 1.51. The molecule has 0 fully saturated rings. The molecule has 2 aliphatic heterocycles. The molecule has 1 atom stereocenters. The van der Waals surface area contributed by atoms with Crippen LogP contribution in [0.2, 0.25) is 10.0 Å². The van der Waals surface area contributed by atoms with Gasteiger partial charge in [-0.2, -0.15) is 0 Å². The number of thiazole rings is 1. The summed E-state index contributed by atoms with van der Waals surface area (Å²) in [4.78, 5) is 49.8. The van der Waals surface area contributed by atoms with Gasteiger partial charge in [0.15, 0.2) is 4.80 Å². The lowest BCUT2D eigenvalue weighted by Gasteiger charge is -2.27. The van der Waals surface area contributed by atoms with E-state index >= 15 is 0 Å². The molecule has 0 saturated heterocycles. The Labute approximate surface area is 289 Å². The summed E-state index contributed by atoms with van der Waals surface area (Å²) in [5, 5.41) is 0.978. The molecule has 0 bridgehead atoms. The first-order valence-electron chi connectivity index (χ1n) is 15.1. The topological polar surface area (TPSA) is 90.2 Å². The highest BCUT2D eigenvalue weighted by molar-refractivity contribution is 7.07. The second-order valence-corrected chi connectivity index (χ2v) is 12.9. The fourth-order valence-corrected chi connectivity index (χ4v) is 7.53. The summed E-state index contributed by atoms with van der Waals surface area (Å²) in [6.07, 6.45) is 0. The molecule has 0 aliphatic carbocycles. The number of hydrogen-bond donors (Lipinski definition) is 0. The molecular formula is C37H27Cl2N3O5S. The zero-order valence-electron chi connectivity index (χ0n) is 25.8. The molecule has 0 radical (unpaired) electrons. The first-order valence-corrected chi connectivity index (χ1v) is 16.7. The average molecular weight is 697 g/mol. The number of methoxy groups -OCH3 is 1. The van der Waals surface area contributed by atoms with E-state index in [-0.39, 0.29) is 34.7 Å². The second kappa shape index (κ2) is 12.9. The van der Waals surface area contributed by atoms with E-state index in [1.165, 1.54) is 11.7 Å². The first kappa shape index (κ1) is 31.6. The molecule has 1 amide bonds. The molecular weight excluding hydrogens is 669 g/mol. The van der Waals surface area contributed by atoms with Gasteiger partial charge in [-0.25, -0.2) is 9.79 Å². The fourth-order valence-electron chi connectivity index (χ4n) is 6.13. The molecule has 2 aliphatic rings. The smallest absolute Gasteiger partial charge is 0.338 e. The van der Waals surface area contributed by atoms with Crippen molar-refractivity contribution in [3.63, 3.8) is 0 Å². The van der Waals surface area contributed by atoms with Gasteiger partial charge in [0.05, 0.1) is 42.8 Å². The molecule has 4 aromatic carbocycles. The minimum absolute atomic E-state index is 0.104. The highest BCUT2D eigenvalue weighted by Crippen LogP contribution is 2.40. The fraction of sp³-hybridized carbons (Fsp3) is 0.135.